The second kappa shape index (κ2) is 9.90. The van der Waals surface area contributed by atoms with Crippen molar-refractivity contribution in [1.29, 1.82) is 0 Å². The van der Waals surface area contributed by atoms with Crippen LogP contribution < -0.4 is 23.7 Å². The maximum Gasteiger partial charge on any atom is 0.254 e. The third kappa shape index (κ3) is 4.18. The summed E-state index contributed by atoms with van der Waals surface area (Å²) in [5.74, 6) is 3.01. The average Bonchev–Trinajstić information content (AvgIpc) is 3.56. The summed E-state index contributed by atoms with van der Waals surface area (Å²) in [6, 6.07) is 8.32. The van der Waals surface area contributed by atoms with Crippen LogP contribution in [0.5, 0.6) is 28.7 Å². The van der Waals surface area contributed by atoms with E-state index in [2.05, 4.69) is 10.1 Å². The van der Waals surface area contributed by atoms with Gasteiger partial charge in [0, 0.05) is 17.7 Å². The van der Waals surface area contributed by atoms with Gasteiger partial charge in [0.2, 0.25) is 17.5 Å². The average molecular weight is 469 g/mol. The summed E-state index contributed by atoms with van der Waals surface area (Å²) >= 11 is 0. The first-order chi connectivity index (χ1) is 16.5. The molecular formula is C24H27N3O7. The molecule has 10 heteroatoms. The summed E-state index contributed by atoms with van der Waals surface area (Å²) in [6.07, 6.45) is 1.53. The topological polar surface area (TPSA) is 105 Å². The fourth-order valence-corrected chi connectivity index (χ4v) is 4.10. The summed E-state index contributed by atoms with van der Waals surface area (Å²) in [5, 5.41) is 4.13. The quantitative estimate of drug-likeness (QED) is 0.487. The number of amides is 1. The van der Waals surface area contributed by atoms with Crippen LogP contribution in [0.3, 0.4) is 0 Å². The SMILES string of the molecule is COc1ccc(-c2noc([C@H]3CCCN3C(=O)c3cc(OC)c(OC)c(OC)c3)n2)cc1OC. The molecule has 1 aliphatic heterocycles. The normalized spacial score (nSPS) is 15.2. The lowest BCUT2D eigenvalue weighted by Gasteiger charge is -2.23. The Kier molecular flexibility index (Phi) is 6.76. The largest absolute Gasteiger partial charge is 0.493 e. The Morgan fingerprint density at radius 2 is 1.59 bits per heavy atom. The molecular weight excluding hydrogens is 442 g/mol. The van der Waals surface area contributed by atoms with Gasteiger partial charge < -0.3 is 33.1 Å². The lowest BCUT2D eigenvalue weighted by atomic mass is 10.1. The molecule has 1 aromatic heterocycles. The van der Waals surface area contributed by atoms with Crippen molar-refractivity contribution in [1.82, 2.24) is 15.0 Å². The van der Waals surface area contributed by atoms with Gasteiger partial charge in [0.25, 0.3) is 5.91 Å². The summed E-state index contributed by atoms with van der Waals surface area (Å²) in [5.41, 5.74) is 1.13. The molecule has 0 aliphatic carbocycles. The smallest absolute Gasteiger partial charge is 0.254 e. The molecule has 1 saturated heterocycles. The third-order valence-corrected chi connectivity index (χ3v) is 5.79. The molecule has 0 spiro atoms. The van der Waals surface area contributed by atoms with Gasteiger partial charge in [0.1, 0.15) is 6.04 Å². The van der Waals surface area contributed by atoms with Crippen molar-refractivity contribution in [2.75, 3.05) is 42.1 Å². The van der Waals surface area contributed by atoms with Crippen LogP contribution in [0.1, 0.15) is 35.1 Å². The molecule has 3 aromatic rings. The van der Waals surface area contributed by atoms with Crippen molar-refractivity contribution in [3.63, 3.8) is 0 Å². The Morgan fingerprint density at radius 1 is 0.912 bits per heavy atom. The number of hydrogen-bond donors (Lipinski definition) is 0. The van der Waals surface area contributed by atoms with Crippen LogP contribution >= 0.6 is 0 Å². The summed E-state index contributed by atoms with van der Waals surface area (Å²) in [6.45, 7) is 0.564. The van der Waals surface area contributed by atoms with E-state index in [4.69, 9.17) is 28.2 Å². The first-order valence-corrected chi connectivity index (χ1v) is 10.7. The van der Waals surface area contributed by atoms with Gasteiger partial charge in [-0.3, -0.25) is 4.79 Å². The van der Waals surface area contributed by atoms with Crippen LogP contribution in [0.25, 0.3) is 11.4 Å². The number of rotatable bonds is 8. The van der Waals surface area contributed by atoms with Crippen molar-refractivity contribution in [2.45, 2.75) is 18.9 Å². The van der Waals surface area contributed by atoms with E-state index in [0.717, 1.165) is 6.42 Å². The fraction of sp³-hybridized carbons (Fsp3) is 0.375. The molecule has 34 heavy (non-hydrogen) atoms. The molecule has 0 unspecified atom stereocenters. The van der Waals surface area contributed by atoms with Gasteiger partial charge in [-0.1, -0.05) is 5.16 Å². The molecule has 1 fully saturated rings. The van der Waals surface area contributed by atoms with Crippen molar-refractivity contribution < 1.29 is 33.0 Å². The first kappa shape index (κ1) is 23.2. The van der Waals surface area contributed by atoms with Crippen LogP contribution in [-0.2, 0) is 0 Å². The van der Waals surface area contributed by atoms with Crippen molar-refractivity contribution in [2.24, 2.45) is 0 Å². The summed E-state index contributed by atoms with van der Waals surface area (Å²) < 4.78 is 32.4. The number of methoxy groups -OCH3 is 5. The molecule has 0 bridgehead atoms. The Labute approximate surface area is 197 Å². The highest BCUT2D eigenvalue weighted by molar-refractivity contribution is 5.96. The van der Waals surface area contributed by atoms with Crippen LogP contribution in [0, 0.1) is 0 Å². The van der Waals surface area contributed by atoms with E-state index < -0.39 is 0 Å². The number of likely N-dealkylation sites (tertiary alicyclic amines) is 1. The Hall–Kier alpha value is -3.95. The van der Waals surface area contributed by atoms with Gasteiger partial charge in [-0.05, 0) is 43.2 Å². The Balaban J connectivity index is 1.62. The number of ether oxygens (including phenoxy) is 5. The Morgan fingerprint density at radius 3 is 2.21 bits per heavy atom. The van der Waals surface area contributed by atoms with Crippen LogP contribution in [0.4, 0.5) is 0 Å². The van der Waals surface area contributed by atoms with E-state index in [1.807, 2.05) is 6.07 Å². The molecule has 0 saturated carbocycles. The zero-order valence-corrected chi connectivity index (χ0v) is 19.8. The molecule has 1 atom stereocenters. The number of carbonyl (C=O) groups excluding carboxylic acids is 1. The van der Waals surface area contributed by atoms with Crippen LogP contribution in [0.2, 0.25) is 0 Å². The van der Waals surface area contributed by atoms with Crippen molar-refractivity contribution in [3.05, 3.63) is 41.8 Å². The molecule has 1 amide bonds. The third-order valence-electron chi connectivity index (χ3n) is 5.79. The van der Waals surface area contributed by atoms with Gasteiger partial charge in [0.15, 0.2) is 23.0 Å². The number of carbonyl (C=O) groups is 1. The molecule has 10 nitrogen and oxygen atoms in total. The zero-order valence-electron chi connectivity index (χ0n) is 19.8. The van der Waals surface area contributed by atoms with E-state index in [9.17, 15) is 4.79 Å². The molecule has 1 aliphatic rings. The highest BCUT2D eigenvalue weighted by atomic mass is 16.5. The second-order valence-corrected chi connectivity index (χ2v) is 7.60. The van der Waals surface area contributed by atoms with Crippen molar-refractivity contribution in [3.8, 4) is 40.1 Å². The minimum atomic E-state index is -0.340. The lowest BCUT2D eigenvalue weighted by molar-refractivity contribution is 0.0709. The first-order valence-electron chi connectivity index (χ1n) is 10.7. The van der Waals surface area contributed by atoms with E-state index in [1.165, 1.54) is 21.3 Å². The van der Waals surface area contributed by atoms with Crippen molar-refractivity contribution >= 4 is 5.91 Å². The van der Waals surface area contributed by atoms with Crippen LogP contribution in [0.15, 0.2) is 34.9 Å². The highest BCUT2D eigenvalue weighted by Gasteiger charge is 2.35. The maximum atomic E-state index is 13.5. The molecule has 180 valence electrons. The van der Waals surface area contributed by atoms with Gasteiger partial charge in [-0.25, -0.2) is 0 Å². The second-order valence-electron chi connectivity index (χ2n) is 7.60. The minimum Gasteiger partial charge on any atom is -0.493 e. The molecule has 0 radical (unpaired) electrons. The molecule has 0 N–H and O–H groups in total. The number of aromatic nitrogens is 2. The fourth-order valence-electron chi connectivity index (χ4n) is 4.10. The lowest BCUT2D eigenvalue weighted by Crippen LogP contribution is -2.30. The van der Waals surface area contributed by atoms with Gasteiger partial charge in [0.05, 0.1) is 35.5 Å². The number of hydrogen-bond acceptors (Lipinski definition) is 9. The molecule has 2 aromatic carbocycles. The number of benzene rings is 2. The predicted octanol–water partition coefficient (Wildman–Crippen LogP) is 3.76. The van der Waals surface area contributed by atoms with E-state index >= 15 is 0 Å². The van der Waals surface area contributed by atoms with Crippen LogP contribution in [-0.4, -0.2) is 63.0 Å². The van der Waals surface area contributed by atoms with E-state index in [0.29, 0.717) is 64.6 Å². The minimum absolute atomic E-state index is 0.187. The maximum absolute atomic E-state index is 13.5. The number of nitrogens with zero attached hydrogens (tertiary/aromatic N) is 3. The van der Waals surface area contributed by atoms with Gasteiger partial charge in [-0.15, -0.1) is 0 Å². The summed E-state index contributed by atoms with van der Waals surface area (Å²) in [4.78, 5) is 19.8. The van der Waals surface area contributed by atoms with E-state index in [-0.39, 0.29) is 11.9 Å². The standard InChI is InChI=1S/C24H27N3O7/c1-29-17-9-8-14(11-18(17)30-2)22-25-23(34-26-22)16-7-6-10-27(16)24(28)15-12-19(31-3)21(33-5)20(13-15)32-4/h8-9,11-13,16H,6-7,10H2,1-5H3/t16-/m1/s1. The molecule has 2 heterocycles. The Bertz CT molecular complexity index is 1150. The summed E-state index contributed by atoms with van der Waals surface area (Å²) in [7, 11) is 7.68. The van der Waals surface area contributed by atoms with Gasteiger partial charge in [-0.2, -0.15) is 4.98 Å². The van der Waals surface area contributed by atoms with Gasteiger partial charge >= 0.3 is 0 Å². The monoisotopic (exact) mass is 469 g/mol. The highest BCUT2D eigenvalue weighted by Crippen LogP contribution is 2.40. The molecule has 4 rings (SSSR count). The zero-order chi connectivity index (χ0) is 24.2. The van der Waals surface area contributed by atoms with E-state index in [1.54, 1.807) is 43.4 Å². The predicted molar refractivity (Wildman–Crippen MR) is 122 cm³/mol.